The predicted molar refractivity (Wildman–Crippen MR) is 94.7 cm³/mol. The van der Waals surface area contributed by atoms with Gasteiger partial charge in [0.2, 0.25) is 5.91 Å². The van der Waals surface area contributed by atoms with E-state index in [9.17, 15) is 14.7 Å². The van der Waals surface area contributed by atoms with Crippen LogP contribution in [0.15, 0.2) is 12.3 Å². The average Bonchev–Trinajstić information content (AvgIpc) is 2.64. The van der Waals surface area contributed by atoms with Crippen molar-refractivity contribution in [1.82, 2.24) is 15.4 Å². The second kappa shape index (κ2) is 5.75. The standard InChI is InChI=1S/C20H25N3O4/c24-17(22-27)15-4-14-1-2-23(10-16(14)21-9-15)18(25)19-5-12-3-13(6-19)8-20(26,7-12)11-19/h4,9,12-13,26-27H,1-3,5-8,10-11H2,(H,22,24). The third kappa shape index (κ3) is 2.67. The number of hydrogen-bond donors (Lipinski definition) is 3. The molecule has 2 atom stereocenters. The molecule has 27 heavy (non-hydrogen) atoms. The number of hydroxylamine groups is 1. The number of rotatable bonds is 2. The van der Waals surface area contributed by atoms with Crippen molar-refractivity contribution in [3.63, 3.8) is 0 Å². The smallest absolute Gasteiger partial charge is 0.276 e. The van der Waals surface area contributed by atoms with Crippen LogP contribution in [0.25, 0.3) is 0 Å². The number of fused-ring (bicyclic) bond motifs is 1. The molecule has 4 fully saturated rings. The molecule has 7 heteroatoms. The molecule has 3 N–H and O–H groups in total. The Morgan fingerprint density at radius 1 is 1.22 bits per heavy atom. The molecule has 0 spiro atoms. The molecule has 6 rings (SSSR count). The van der Waals surface area contributed by atoms with Crippen molar-refractivity contribution in [2.45, 2.75) is 57.1 Å². The number of carbonyl (C=O) groups excluding carboxylic acids is 2. The van der Waals surface area contributed by atoms with Gasteiger partial charge in [0.05, 0.1) is 28.8 Å². The maximum Gasteiger partial charge on any atom is 0.276 e. The van der Waals surface area contributed by atoms with Crippen LogP contribution in [0, 0.1) is 17.3 Å². The van der Waals surface area contributed by atoms with Crippen molar-refractivity contribution in [3.05, 3.63) is 29.1 Å². The third-order valence-electron chi connectivity index (χ3n) is 7.19. The first-order valence-electron chi connectivity index (χ1n) is 9.84. The van der Waals surface area contributed by atoms with Gasteiger partial charge in [0.25, 0.3) is 5.91 Å². The molecule has 4 saturated carbocycles. The maximum absolute atomic E-state index is 13.5. The molecule has 2 amide bonds. The maximum atomic E-state index is 13.5. The number of nitrogens with zero attached hydrogens (tertiary/aromatic N) is 2. The molecular formula is C20H25N3O4. The summed E-state index contributed by atoms with van der Waals surface area (Å²) in [6.07, 6.45) is 7.40. The Balaban J connectivity index is 1.38. The molecule has 7 nitrogen and oxygen atoms in total. The van der Waals surface area contributed by atoms with Gasteiger partial charge >= 0.3 is 0 Å². The summed E-state index contributed by atoms with van der Waals surface area (Å²) in [5.74, 6) is 0.565. The van der Waals surface area contributed by atoms with Crippen LogP contribution >= 0.6 is 0 Å². The summed E-state index contributed by atoms with van der Waals surface area (Å²) in [7, 11) is 0. The first kappa shape index (κ1) is 17.1. The molecule has 4 aliphatic carbocycles. The van der Waals surface area contributed by atoms with Crippen LogP contribution in [-0.4, -0.2) is 44.2 Å². The van der Waals surface area contributed by atoms with E-state index >= 15 is 0 Å². The molecule has 0 aromatic carbocycles. The van der Waals surface area contributed by atoms with Crippen LogP contribution < -0.4 is 5.48 Å². The van der Waals surface area contributed by atoms with Crippen LogP contribution in [-0.2, 0) is 17.8 Å². The number of aliphatic hydroxyl groups is 1. The fourth-order valence-electron chi connectivity index (χ4n) is 6.57. The predicted octanol–water partition coefficient (Wildman–Crippen LogP) is 1.42. The van der Waals surface area contributed by atoms with E-state index in [1.807, 2.05) is 4.90 Å². The van der Waals surface area contributed by atoms with Crippen LogP contribution in [0.3, 0.4) is 0 Å². The average molecular weight is 371 g/mol. The van der Waals surface area contributed by atoms with Gasteiger partial charge in [0, 0.05) is 12.7 Å². The highest BCUT2D eigenvalue weighted by Crippen LogP contribution is 2.62. The monoisotopic (exact) mass is 371 g/mol. The summed E-state index contributed by atoms with van der Waals surface area (Å²) in [6.45, 7) is 1.05. The fraction of sp³-hybridized carbons (Fsp3) is 0.650. The summed E-state index contributed by atoms with van der Waals surface area (Å²) in [5, 5.41) is 19.7. The lowest BCUT2D eigenvalue weighted by Crippen LogP contribution is -2.61. The minimum atomic E-state index is -0.641. The van der Waals surface area contributed by atoms with Gasteiger partial charge in [-0.3, -0.25) is 19.8 Å². The van der Waals surface area contributed by atoms with Crippen LogP contribution in [0.2, 0.25) is 0 Å². The van der Waals surface area contributed by atoms with E-state index in [-0.39, 0.29) is 5.91 Å². The number of pyridine rings is 1. The normalized spacial score (nSPS) is 36.4. The molecule has 4 bridgehead atoms. The van der Waals surface area contributed by atoms with E-state index in [0.717, 1.165) is 43.4 Å². The van der Waals surface area contributed by atoms with Gasteiger partial charge in [0.15, 0.2) is 0 Å². The van der Waals surface area contributed by atoms with E-state index in [2.05, 4.69) is 4.98 Å². The summed E-state index contributed by atoms with van der Waals surface area (Å²) < 4.78 is 0. The van der Waals surface area contributed by atoms with Crippen LogP contribution in [0.4, 0.5) is 0 Å². The van der Waals surface area contributed by atoms with E-state index in [4.69, 9.17) is 5.21 Å². The Labute approximate surface area is 157 Å². The van der Waals surface area contributed by atoms with Crippen molar-refractivity contribution < 1.29 is 19.9 Å². The number of aromatic nitrogens is 1. The molecule has 144 valence electrons. The minimum absolute atomic E-state index is 0.180. The van der Waals surface area contributed by atoms with E-state index in [1.54, 1.807) is 11.5 Å². The minimum Gasteiger partial charge on any atom is -0.390 e. The lowest BCUT2D eigenvalue weighted by Gasteiger charge is -2.60. The Morgan fingerprint density at radius 3 is 2.63 bits per heavy atom. The zero-order chi connectivity index (χ0) is 18.8. The van der Waals surface area contributed by atoms with E-state index in [0.29, 0.717) is 43.3 Å². The Kier molecular flexibility index (Phi) is 3.65. The number of amides is 2. The molecule has 1 aliphatic heterocycles. The highest BCUT2D eigenvalue weighted by atomic mass is 16.5. The molecule has 0 radical (unpaired) electrons. The number of nitrogens with one attached hydrogen (secondary N) is 1. The third-order valence-corrected chi connectivity index (χ3v) is 7.19. The van der Waals surface area contributed by atoms with Crippen molar-refractivity contribution >= 4 is 11.8 Å². The molecule has 5 aliphatic rings. The summed E-state index contributed by atoms with van der Waals surface area (Å²) >= 11 is 0. The highest BCUT2D eigenvalue weighted by molar-refractivity contribution is 5.93. The molecule has 2 heterocycles. The van der Waals surface area contributed by atoms with Crippen molar-refractivity contribution in [2.75, 3.05) is 6.54 Å². The summed E-state index contributed by atoms with van der Waals surface area (Å²) in [4.78, 5) is 31.4. The summed E-state index contributed by atoms with van der Waals surface area (Å²) in [5.41, 5.74) is 2.67. The lowest BCUT2D eigenvalue weighted by molar-refractivity contribution is -0.186. The largest absolute Gasteiger partial charge is 0.390 e. The topological polar surface area (TPSA) is 103 Å². The van der Waals surface area contributed by atoms with Gasteiger partial charge in [-0.25, -0.2) is 5.48 Å². The molecule has 1 aromatic heterocycles. The number of carbonyl (C=O) groups is 2. The van der Waals surface area contributed by atoms with Crippen LogP contribution in [0.1, 0.15) is 60.1 Å². The van der Waals surface area contributed by atoms with Gasteiger partial charge in [0.1, 0.15) is 0 Å². The zero-order valence-corrected chi connectivity index (χ0v) is 15.3. The lowest BCUT2D eigenvalue weighted by atomic mass is 9.47. The quantitative estimate of drug-likeness (QED) is 0.539. The van der Waals surface area contributed by atoms with Crippen molar-refractivity contribution in [1.29, 1.82) is 0 Å². The molecule has 1 aromatic rings. The van der Waals surface area contributed by atoms with Crippen LogP contribution in [0.5, 0.6) is 0 Å². The Hall–Kier alpha value is -1.99. The molecule has 0 saturated heterocycles. The highest BCUT2D eigenvalue weighted by Gasteiger charge is 2.60. The fourth-order valence-corrected chi connectivity index (χ4v) is 6.57. The molecular weight excluding hydrogens is 346 g/mol. The van der Waals surface area contributed by atoms with Gasteiger partial charge in [-0.1, -0.05) is 0 Å². The zero-order valence-electron chi connectivity index (χ0n) is 15.3. The first-order chi connectivity index (χ1) is 12.9. The van der Waals surface area contributed by atoms with E-state index in [1.165, 1.54) is 6.20 Å². The van der Waals surface area contributed by atoms with E-state index < -0.39 is 16.9 Å². The van der Waals surface area contributed by atoms with Gasteiger partial charge in [-0.15, -0.1) is 0 Å². The van der Waals surface area contributed by atoms with Gasteiger partial charge in [-0.05, 0) is 68.4 Å². The Bertz CT molecular complexity index is 809. The van der Waals surface area contributed by atoms with Crippen molar-refractivity contribution in [3.8, 4) is 0 Å². The van der Waals surface area contributed by atoms with Gasteiger partial charge < -0.3 is 10.0 Å². The SMILES string of the molecule is O=C(NO)c1cnc2c(c1)CCN(C(=O)C13CC4CC(CC(O)(C4)C1)C3)C2. The second-order valence-electron chi connectivity index (χ2n) is 9.21. The number of hydrogen-bond acceptors (Lipinski definition) is 5. The molecule has 2 unspecified atom stereocenters. The van der Waals surface area contributed by atoms with Gasteiger partial charge in [-0.2, -0.15) is 0 Å². The Morgan fingerprint density at radius 2 is 1.96 bits per heavy atom. The second-order valence-corrected chi connectivity index (χ2v) is 9.21. The first-order valence-corrected chi connectivity index (χ1v) is 9.84. The van der Waals surface area contributed by atoms with Crippen molar-refractivity contribution in [2.24, 2.45) is 17.3 Å². The summed E-state index contributed by atoms with van der Waals surface area (Å²) in [6, 6.07) is 1.74.